The van der Waals surface area contributed by atoms with E-state index in [9.17, 15) is 19.3 Å². The Morgan fingerprint density at radius 3 is 2.72 bits per heavy atom. The molecule has 0 spiro atoms. The van der Waals surface area contributed by atoms with Crippen LogP contribution < -0.4 is 0 Å². The fourth-order valence-corrected chi connectivity index (χ4v) is 1.32. The van der Waals surface area contributed by atoms with Gasteiger partial charge in [-0.15, -0.1) is 0 Å². The third-order valence-corrected chi connectivity index (χ3v) is 2.16. The average Bonchev–Trinajstić information content (AvgIpc) is 2.78. The zero-order valence-corrected chi connectivity index (χ0v) is 8.66. The van der Waals surface area contributed by atoms with Crippen LogP contribution in [0.3, 0.4) is 0 Å². The maximum Gasteiger partial charge on any atom is 0.358 e. The zero-order valence-electron chi connectivity index (χ0n) is 8.66. The second kappa shape index (κ2) is 4.24. The number of hydrogen-bond donors (Lipinski definition) is 1. The van der Waals surface area contributed by atoms with Gasteiger partial charge in [0, 0.05) is 18.2 Å². The first kappa shape index (κ1) is 11.7. The summed E-state index contributed by atoms with van der Waals surface area (Å²) in [5, 5.41) is 22.4. The first-order valence-corrected chi connectivity index (χ1v) is 4.63. The number of aromatic carboxylic acids is 1. The molecule has 0 fully saturated rings. The standard InChI is InChI=1S/C10H5FN2O5/c11-7-2-1-5(13(16)17)3-6(7)9-4-8(10(14)15)12-18-9/h1-4H,(H,14,15). The largest absolute Gasteiger partial charge is 0.476 e. The predicted molar refractivity (Wildman–Crippen MR) is 55.5 cm³/mol. The summed E-state index contributed by atoms with van der Waals surface area (Å²) in [4.78, 5) is 20.4. The van der Waals surface area contributed by atoms with Gasteiger partial charge < -0.3 is 9.63 Å². The van der Waals surface area contributed by atoms with E-state index < -0.39 is 22.4 Å². The Labute approximate surface area is 98.6 Å². The van der Waals surface area contributed by atoms with Gasteiger partial charge >= 0.3 is 5.97 Å². The minimum atomic E-state index is -1.34. The lowest BCUT2D eigenvalue weighted by Crippen LogP contribution is -1.94. The van der Waals surface area contributed by atoms with Crippen molar-refractivity contribution >= 4 is 11.7 Å². The number of nitro benzene ring substituents is 1. The molecule has 1 heterocycles. The van der Waals surface area contributed by atoms with Gasteiger partial charge in [-0.2, -0.15) is 0 Å². The van der Waals surface area contributed by atoms with Crippen LogP contribution >= 0.6 is 0 Å². The molecule has 2 rings (SSSR count). The number of carbonyl (C=O) groups is 1. The summed E-state index contributed by atoms with van der Waals surface area (Å²) in [5.74, 6) is -2.29. The number of aromatic nitrogens is 1. The van der Waals surface area contributed by atoms with Gasteiger partial charge in [-0.05, 0) is 6.07 Å². The quantitative estimate of drug-likeness (QED) is 0.662. The van der Waals surface area contributed by atoms with Crippen molar-refractivity contribution in [3.63, 3.8) is 0 Å². The number of halogens is 1. The number of non-ortho nitro benzene ring substituents is 1. The fourth-order valence-electron chi connectivity index (χ4n) is 1.32. The van der Waals surface area contributed by atoms with Crippen LogP contribution in [0.15, 0.2) is 28.8 Å². The third-order valence-electron chi connectivity index (χ3n) is 2.16. The van der Waals surface area contributed by atoms with E-state index in [0.29, 0.717) is 0 Å². The lowest BCUT2D eigenvalue weighted by atomic mass is 10.1. The van der Waals surface area contributed by atoms with E-state index in [1.807, 2.05) is 0 Å². The normalized spacial score (nSPS) is 10.3. The fraction of sp³-hybridized carbons (Fsp3) is 0. The Kier molecular flexibility index (Phi) is 2.76. The van der Waals surface area contributed by atoms with Gasteiger partial charge in [0.2, 0.25) is 0 Å². The van der Waals surface area contributed by atoms with E-state index in [1.165, 1.54) is 0 Å². The van der Waals surface area contributed by atoms with Crippen molar-refractivity contribution < 1.29 is 23.7 Å². The van der Waals surface area contributed by atoms with Crippen LogP contribution in [-0.2, 0) is 0 Å². The lowest BCUT2D eigenvalue weighted by molar-refractivity contribution is -0.384. The summed E-state index contributed by atoms with van der Waals surface area (Å²) in [6.07, 6.45) is 0. The molecule has 0 radical (unpaired) electrons. The van der Waals surface area contributed by atoms with E-state index in [2.05, 4.69) is 9.68 Å². The Bertz CT molecular complexity index is 637. The second-order valence-corrected chi connectivity index (χ2v) is 3.30. The molecule has 0 aliphatic carbocycles. The van der Waals surface area contributed by atoms with Gasteiger partial charge in [-0.1, -0.05) is 5.16 Å². The molecule has 1 aromatic heterocycles. The molecule has 0 aliphatic heterocycles. The van der Waals surface area contributed by atoms with Gasteiger partial charge in [0.25, 0.3) is 5.69 Å². The van der Waals surface area contributed by atoms with Gasteiger partial charge in [-0.3, -0.25) is 10.1 Å². The van der Waals surface area contributed by atoms with Crippen molar-refractivity contribution in [1.29, 1.82) is 0 Å². The summed E-state index contributed by atoms with van der Waals surface area (Å²) < 4.78 is 18.1. The number of carboxylic acids is 1. The van der Waals surface area contributed by atoms with E-state index >= 15 is 0 Å². The topological polar surface area (TPSA) is 106 Å². The van der Waals surface area contributed by atoms with Crippen molar-refractivity contribution in [2.45, 2.75) is 0 Å². The molecule has 1 N–H and O–H groups in total. The summed E-state index contributed by atoms with van der Waals surface area (Å²) >= 11 is 0. The van der Waals surface area contributed by atoms with Crippen molar-refractivity contribution in [3.8, 4) is 11.3 Å². The van der Waals surface area contributed by atoms with Crippen molar-refractivity contribution in [2.24, 2.45) is 0 Å². The van der Waals surface area contributed by atoms with Gasteiger partial charge in [-0.25, -0.2) is 9.18 Å². The maximum atomic E-state index is 13.5. The minimum Gasteiger partial charge on any atom is -0.476 e. The number of hydrogen-bond acceptors (Lipinski definition) is 5. The number of carboxylic acid groups (broad SMARTS) is 1. The number of nitro groups is 1. The molecule has 2 aromatic rings. The molecule has 0 saturated carbocycles. The van der Waals surface area contributed by atoms with Crippen LogP contribution in [0.2, 0.25) is 0 Å². The summed E-state index contributed by atoms with van der Waals surface area (Å²) in [6.45, 7) is 0. The monoisotopic (exact) mass is 252 g/mol. The van der Waals surface area contributed by atoms with E-state index in [0.717, 1.165) is 24.3 Å². The minimum absolute atomic E-state index is 0.186. The van der Waals surface area contributed by atoms with Crippen molar-refractivity contribution in [1.82, 2.24) is 5.16 Å². The maximum absolute atomic E-state index is 13.5. The number of rotatable bonds is 3. The van der Waals surface area contributed by atoms with Crippen molar-refractivity contribution in [2.75, 3.05) is 0 Å². The summed E-state index contributed by atoms with van der Waals surface area (Å²) in [6, 6.07) is 3.83. The van der Waals surface area contributed by atoms with Gasteiger partial charge in [0.05, 0.1) is 10.5 Å². The highest BCUT2D eigenvalue weighted by molar-refractivity contribution is 5.86. The molecule has 18 heavy (non-hydrogen) atoms. The van der Waals surface area contributed by atoms with Crippen LogP contribution in [0.1, 0.15) is 10.5 Å². The second-order valence-electron chi connectivity index (χ2n) is 3.30. The Hall–Kier alpha value is -2.77. The van der Waals surface area contributed by atoms with Crippen LogP contribution in [0, 0.1) is 15.9 Å². The van der Waals surface area contributed by atoms with Gasteiger partial charge in [0.1, 0.15) is 5.82 Å². The molecule has 0 bridgehead atoms. The SMILES string of the molecule is O=C(O)c1cc(-c2cc([N+](=O)[O-])ccc2F)on1. The Balaban J connectivity index is 2.51. The molecule has 0 atom stereocenters. The highest BCUT2D eigenvalue weighted by Gasteiger charge is 2.18. The summed E-state index contributed by atoms with van der Waals surface area (Å²) in [5.41, 5.74) is -0.959. The molecule has 1 aromatic carbocycles. The average molecular weight is 252 g/mol. The summed E-state index contributed by atoms with van der Waals surface area (Å²) in [7, 11) is 0. The molecular weight excluding hydrogens is 247 g/mol. The zero-order chi connectivity index (χ0) is 13.3. The lowest BCUT2D eigenvalue weighted by Gasteiger charge is -1.97. The van der Waals surface area contributed by atoms with E-state index in [4.69, 9.17) is 5.11 Å². The molecular formula is C10H5FN2O5. The molecule has 0 unspecified atom stereocenters. The van der Waals surface area contributed by atoms with Crippen molar-refractivity contribution in [3.05, 3.63) is 45.9 Å². The first-order chi connectivity index (χ1) is 8.49. The van der Waals surface area contributed by atoms with Crippen LogP contribution in [-0.4, -0.2) is 21.2 Å². The van der Waals surface area contributed by atoms with E-state index in [1.54, 1.807) is 0 Å². The van der Waals surface area contributed by atoms with Gasteiger partial charge in [0.15, 0.2) is 11.5 Å². The number of benzene rings is 1. The molecule has 0 saturated heterocycles. The van der Waals surface area contributed by atoms with Crippen LogP contribution in [0.5, 0.6) is 0 Å². The molecule has 0 aliphatic rings. The first-order valence-electron chi connectivity index (χ1n) is 4.63. The highest BCUT2D eigenvalue weighted by Crippen LogP contribution is 2.27. The third kappa shape index (κ3) is 2.03. The highest BCUT2D eigenvalue weighted by atomic mass is 19.1. The smallest absolute Gasteiger partial charge is 0.358 e. The predicted octanol–water partition coefficient (Wildman–Crippen LogP) is 2.09. The molecule has 7 nitrogen and oxygen atoms in total. The molecule has 0 amide bonds. The number of nitrogens with zero attached hydrogens (tertiary/aromatic N) is 2. The molecule has 92 valence electrons. The molecule has 8 heteroatoms. The Morgan fingerprint density at radius 2 is 2.17 bits per heavy atom. The Morgan fingerprint density at radius 1 is 1.44 bits per heavy atom. The van der Waals surface area contributed by atoms with E-state index in [-0.39, 0.29) is 17.0 Å². The van der Waals surface area contributed by atoms with Crippen LogP contribution in [0.25, 0.3) is 11.3 Å². The van der Waals surface area contributed by atoms with Crippen LogP contribution in [0.4, 0.5) is 10.1 Å².